The summed E-state index contributed by atoms with van der Waals surface area (Å²) in [5.41, 5.74) is 6.61. The van der Waals surface area contributed by atoms with Gasteiger partial charge in [-0.25, -0.2) is 0 Å². The van der Waals surface area contributed by atoms with Crippen LogP contribution in [0.1, 0.15) is 47.4 Å². The molecule has 0 bridgehead atoms. The summed E-state index contributed by atoms with van der Waals surface area (Å²) >= 11 is 0. The van der Waals surface area contributed by atoms with E-state index in [1.807, 2.05) is 18.2 Å². The minimum absolute atomic E-state index is 0.163. The van der Waals surface area contributed by atoms with Gasteiger partial charge >= 0.3 is 0 Å². The maximum atomic E-state index is 6.50. The molecule has 5 heteroatoms. The van der Waals surface area contributed by atoms with Crippen molar-refractivity contribution in [2.24, 2.45) is 0 Å². The molecule has 1 fully saturated rings. The molecule has 5 rings (SSSR count). The molecule has 0 aliphatic carbocycles. The van der Waals surface area contributed by atoms with E-state index in [0.29, 0.717) is 32.3 Å². The molecule has 0 aromatic heterocycles. The summed E-state index contributed by atoms with van der Waals surface area (Å²) in [6, 6.07) is 25.7. The average molecular weight is 501 g/mol. The summed E-state index contributed by atoms with van der Waals surface area (Å²) in [5, 5.41) is 3.52. The first-order chi connectivity index (χ1) is 18.3. The van der Waals surface area contributed by atoms with Crippen LogP contribution in [-0.2, 0) is 29.1 Å². The SMILES string of the molecule is CN1CCCc2ccc(COC3CNCCC3c3ccc(OCCCOCc4ccccc4)cc3)cc21. The lowest BCUT2D eigenvalue weighted by molar-refractivity contribution is 0.0106. The molecule has 3 aromatic carbocycles. The van der Waals surface area contributed by atoms with Crippen LogP contribution in [0.2, 0.25) is 0 Å². The number of rotatable bonds is 11. The number of ether oxygens (including phenoxy) is 3. The van der Waals surface area contributed by atoms with Crippen molar-refractivity contribution in [2.45, 2.75) is 50.9 Å². The molecule has 2 aliphatic rings. The van der Waals surface area contributed by atoms with E-state index < -0.39 is 0 Å². The van der Waals surface area contributed by atoms with Crippen LogP contribution in [0.3, 0.4) is 0 Å². The Hall–Kier alpha value is -2.86. The standard InChI is InChI=1S/C32H40N2O3/c1-34-18-5-9-28-11-10-26(21-31(28)34)24-37-32-22-33-17-16-30(32)27-12-14-29(15-13-27)36-20-6-19-35-23-25-7-3-2-4-8-25/h2-4,7-8,10-15,21,30,32-33H,5-6,9,16-20,22-24H2,1H3. The summed E-state index contributed by atoms with van der Waals surface area (Å²) in [6.07, 6.45) is 4.53. The molecule has 3 aromatic rings. The van der Waals surface area contributed by atoms with Gasteiger partial charge in [0, 0.05) is 38.2 Å². The Morgan fingerprint density at radius 2 is 1.78 bits per heavy atom. The lowest BCUT2D eigenvalue weighted by Crippen LogP contribution is -2.41. The van der Waals surface area contributed by atoms with Gasteiger partial charge in [-0.15, -0.1) is 0 Å². The molecule has 5 nitrogen and oxygen atoms in total. The largest absolute Gasteiger partial charge is 0.494 e. The van der Waals surface area contributed by atoms with Crippen LogP contribution in [0.15, 0.2) is 72.8 Å². The van der Waals surface area contributed by atoms with Crippen LogP contribution >= 0.6 is 0 Å². The summed E-state index contributed by atoms with van der Waals surface area (Å²) in [5.74, 6) is 1.30. The third kappa shape index (κ3) is 7.13. The van der Waals surface area contributed by atoms with Gasteiger partial charge in [0.2, 0.25) is 0 Å². The maximum absolute atomic E-state index is 6.50. The van der Waals surface area contributed by atoms with Crippen LogP contribution in [0.25, 0.3) is 0 Å². The molecule has 2 heterocycles. The number of fused-ring (bicyclic) bond motifs is 1. The number of hydrogen-bond donors (Lipinski definition) is 1. The van der Waals surface area contributed by atoms with Crippen molar-refractivity contribution in [1.29, 1.82) is 0 Å². The zero-order chi connectivity index (χ0) is 25.3. The Balaban J connectivity index is 1.08. The smallest absolute Gasteiger partial charge is 0.119 e. The van der Waals surface area contributed by atoms with Crippen molar-refractivity contribution in [1.82, 2.24) is 5.32 Å². The molecule has 0 spiro atoms. The highest BCUT2D eigenvalue weighted by atomic mass is 16.5. The third-order valence-corrected chi connectivity index (χ3v) is 7.51. The second-order valence-corrected chi connectivity index (χ2v) is 10.2. The monoisotopic (exact) mass is 500 g/mol. The van der Waals surface area contributed by atoms with Gasteiger partial charge < -0.3 is 24.4 Å². The van der Waals surface area contributed by atoms with Crippen LogP contribution in [0, 0.1) is 0 Å². The molecule has 2 unspecified atom stereocenters. The van der Waals surface area contributed by atoms with Crippen molar-refractivity contribution in [3.05, 3.63) is 95.1 Å². The lowest BCUT2D eigenvalue weighted by Gasteiger charge is -2.33. The highest BCUT2D eigenvalue weighted by Crippen LogP contribution is 2.31. The lowest BCUT2D eigenvalue weighted by atomic mass is 9.87. The quantitative estimate of drug-likeness (QED) is 0.341. The van der Waals surface area contributed by atoms with E-state index >= 15 is 0 Å². The van der Waals surface area contributed by atoms with Gasteiger partial charge in [-0.1, -0.05) is 54.6 Å². The average Bonchev–Trinajstić information content (AvgIpc) is 2.95. The van der Waals surface area contributed by atoms with E-state index in [1.54, 1.807) is 0 Å². The number of benzene rings is 3. The van der Waals surface area contributed by atoms with Gasteiger partial charge in [-0.3, -0.25) is 0 Å². The molecule has 0 saturated carbocycles. The Kier molecular flexibility index (Phi) is 9.12. The Labute approximate surface area is 221 Å². The van der Waals surface area contributed by atoms with E-state index in [4.69, 9.17) is 14.2 Å². The predicted molar refractivity (Wildman–Crippen MR) is 149 cm³/mol. The summed E-state index contributed by atoms with van der Waals surface area (Å²) in [7, 11) is 2.19. The molecule has 196 valence electrons. The van der Waals surface area contributed by atoms with Gasteiger partial charge in [0.15, 0.2) is 0 Å². The van der Waals surface area contributed by atoms with E-state index in [1.165, 1.54) is 40.8 Å². The normalized spacial score (nSPS) is 19.4. The van der Waals surface area contributed by atoms with E-state index in [9.17, 15) is 0 Å². The van der Waals surface area contributed by atoms with Gasteiger partial charge in [0.25, 0.3) is 0 Å². The van der Waals surface area contributed by atoms with Crippen molar-refractivity contribution < 1.29 is 14.2 Å². The first kappa shape index (κ1) is 25.8. The fraction of sp³-hybridized carbons (Fsp3) is 0.438. The van der Waals surface area contributed by atoms with Crippen LogP contribution in [0.5, 0.6) is 5.75 Å². The van der Waals surface area contributed by atoms with Crippen molar-refractivity contribution in [3.8, 4) is 5.75 Å². The molecule has 37 heavy (non-hydrogen) atoms. The summed E-state index contributed by atoms with van der Waals surface area (Å²) in [4.78, 5) is 2.37. The Morgan fingerprint density at radius 1 is 0.919 bits per heavy atom. The number of anilines is 1. The van der Waals surface area contributed by atoms with Gasteiger partial charge in [-0.2, -0.15) is 0 Å². The number of hydrogen-bond acceptors (Lipinski definition) is 5. The second-order valence-electron chi connectivity index (χ2n) is 10.2. The van der Waals surface area contributed by atoms with Gasteiger partial charge in [0.05, 0.1) is 32.5 Å². The highest BCUT2D eigenvalue weighted by Gasteiger charge is 2.27. The third-order valence-electron chi connectivity index (χ3n) is 7.51. The first-order valence-corrected chi connectivity index (χ1v) is 13.8. The summed E-state index contributed by atoms with van der Waals surface area (Å²) < 4.78 is 18.2. The first-order valence-electron chi connectivity index (χ1n) is 13.8. The van der Waals surface area contributed by atoms with Crippen LogP contribution in [-0.4, -0.2) is 46.0 Å². The summed E-state index contributed by atoms with van der Waals surface area (Å²) in [6.45, 7) is 5.70. The second kappa shape index (κ2) is 13.1. The van der Waals surface area contributed by atoms with Gasteiger partial charge in [-0.05, 0) is 66.3 Å². The fourth-order valence-electron chi connectivity index (χ4n) is 5.41. The topological polar surface area (TPSA) is 43.0 Å². The highest BCUT2D eigenvalue weighted by molar-refractivity contribution is 5.56. The zero-order valence-electron chi connectivity index (χ0n) is 22.0. The molecular weight excluding hydrogens is 460 g/mol. The molecule has 0 amide bonds. The minimum Gasteiger partial charge on any atom is -0.494 e. The van der Waals surface area contributed by atoms with Crippen molar-refractivity contribution >= 4 is 5.69 Å². The number of nitrogens with zero attached hydrogens (tertiary/aromatic N) is 1. The molecule has 2 aliphatic heterocycles. The van der Waals surface area contributed by atoms with E-state index in [-0.39, 0.29) is 6.10 Å². The van der Waals surface area contributed by atoms with Crippen molar-refractivity contribution in [3.63, 3.8) is 0 Å². The van der Waals surface area contributed by atoms with Crippen LogP contribution in [0.4, 0.5) is 5.69 Å². The van der Waals surface area contributed by atoms with Crippen molar-refractivity contribution in [2.75, 3.05) is 44.8 Å². The number of nitrogens with one attached hydrogen (secondary N) is 1. The minimum atomic E-state index is 0.163. The van der Waals surface area contributed by atoms with Gasteiger partial charge in [0.1, 0.15) is 5.75 Å². The Morgan fingerprint density at radius 3 is 2.65 bits per heavy atom. The molecule has 2 atom stereocenters. The molecule has 0 radical (unpaired) electrons. The van der Waals surface area contributed by atoms with Crippen LogP contribution < -0.4 is 15.0 Å². The maximum Gasteiger partial charge on any atom is 0.119 e. The fourth-order valence-corrected chi connectivity index (χ4v) is 5.41. The Bertz CT molecular complexity index is 1100. The number of piperidine rings is 1. The van der Waals surface area contributed by atoms with E-state index in [2.05, 4.69) is 71.9 Å². The number of aryl methyl sites for hydroxylation is 1. The predicted octanol–water partition coefficient (Wildman–Crippen LogP) is 5.72. The zero-order valence-corrected chi connectivity index (χ0v) is 22.0. The molecule has 1 N–H and O–H groups in total. The van der Waals surface area contributed by atoms with E-state index in [0.717, 1.165) is 38.2 Å². The molecule has 1 saturated heterocycles. The molecular formula is C32H40N2O3.